The molecule has 0 radical (unpaired) electrons. The van der Waals surface area contributed by atoms with Crippen LogP contribution in [0.15, 0.2) is 89.8 Å². The van der Waals surface area contributed by atoms with E-state index >= 15 is 0 Å². The molecule has 0 N–H and O–H groups in total. The molecule has 108 valence electrons. The number of hydrogen-bond acceptors (Lipinski definition) is 2. The summed E-state index contributed by atoms with van der Waals surface area (Å²) in [6, 6.07) is 27.1. The van der Waals surface area contributed by atoms with E-state index in [0.717, 1.165) is 10.5 Å². The van der Waals surface area contributed by atoms with E-state index in [1.165, 1.54) is 11.8 Å². The smallest absolute Gasteiger partial charge is 0.169 e. The molecule has 0 saturated carbocycles. The molecule has 0 fully saturated rings. The topological polar surface area (TPSA) is 17.1 Å². The Balaban J connectivity index is 0.000000283. The van der Waals surface area contributed by atoms with Gasteiger partial charge in [-0.3, -0.25) is 4.79 Å². The second-order valence-corrected chi connectivity index (χ2v) is 4.88. The van der Waals surface area contributed by atoms with Gasteiger partial charge in [0.15, 0.2) is 5.12 Å². The first-order valence-corrected chi connectivity index (χ1v) is 6.83. The summed E-state index contributed by atoms with van der Waals surface area (Å²) in [5.74, 6) is 0. The summed E-state index contributed by atoms with van der Waals surface area (Å²) in [7, 11) is 0. The fraction of sp³-hybridized carbons (Fsp3) is 0. The maximum atomic E-state index is 11.6. The van der Waals surface area contributed by atoms with Gasteiger partial charge in [-0.15, -0.1) is 0 Å². The Bertz CT molecular complexity index is 554. The largest absolute Gasteiger partial charge is 0.748 e. The van der Waals surface area contributed by atoms with E-state index in [1.54, 1.807) is 0 Å². The molecule has 0 unspecified atom stereocenters. The molecule has 3 aromatic carbocycles. The molecule has 0 aliphatic heterocycles. The zero-order valence-electron chi connectivity index (χ0n) is 10.8. The Kier molecular flexibility index (Phi) is 7.74. The number of thioether (sulfide) groups is 1. The van der Waals surface area contributed by atoms with Crippen LogP contribution < -0.4 is 0 Å². The molecular weight excluding hydrogens is 308 g/mol. The van der Waals surface area contributed by atoms with Crippen molar-refractivity contribution in [3.63, 3.8) is 0 Å². The van der Waals surface area contributed by atoms with Crippen LogP contribution >= 0.6 is 11.8 Å². The van der Waals surface area contributed by atoms with Crippen LogP contribution in [-0.2, 0) is 17.1 Å². The molecule has 0 aliphatic rings. The molecule has 3 rings (SSSR count). The van der Waals surface area contributed by atoms with E-state index in [4.69, 9.17) is 0 Å². The Labute approximate surface area is 134 Å². The minimum absolute atomic E-state index is 0. The minimum atomic E-state index is 0. The van der Waals surface area contributed by atoms with Crippen molar-refractivity contribution in [2.24, 2.45) is 0 Å². The van der Waals surface area contributed by atoms with Crippen molar-refractivity contribution in [3.05, 3.63) is 90.5 Å². The molecule has 0 amide bonds. The summed E-state index contributed by atoms with van der Waals surface area (Å²) in [5.41, 5.74) is 0.763. The van der Waals surface area contributed by atoms with Gasteiger partial charge in [-0.2, -0.15) is 12.1 Å². The molecule has 3 heteroatoms. The van der Waals surface area contributed by atoms with Gasteiger partial charge in [0.05, 0.1) is 0 Å². The first kappa shape index (κ1) is 16.5. The number of hydrogen-bond donors (Lipinski definition) is 0. The van der Waals surface area contributed by atoms with Crippen LogP contribution in [0.2, 0.25) is 0 Å². The van der Waals surface area contributed by atoms with Crippen LogP contribution in [-0.4, -0.2) is 5.12 Å². The van der Waals surface area contributed by atoms with E-state index in [2.05, 4.69) is 0 Å². The molecule has 20 heavy (non-hydrogen) atoms. The van der Waals surface area contributed by atoms with Gasteiger partial charge in [-0.05, 0) is 12.1 Å². The van der Waals surface area contributed by atoms with Crippen LogP contribution in [0, 0.1) is 0 Å². The van der Waals surface area contributed by atoms with Gasteiger partial charge in [0, 0.05) is 22.0 Å². The molecule has 0 bridgehead atoms. The molecular formula is C17H14FeOS-6. The zero-order valence-corrected chi connectivity index (χ0v) is 12.7. The van der Waals surface area contributed by atoms with Crippen molar-refractivity contribution < 1.29 is 21.9 Å². The summed E-state index contributed by atoms with van der Waals surface area (Å²) >= 11 is 1.26. The third-order valence-corrected chi connectivity index (χ3v) is 3.34. The fourth-order valence-electron chi connectivity index (χ4n) is 1.49. The monoisotopic (exact) mass is 322 g/mol. The van der Waals surface area contributed by atoms with E-state index in [0.29, 0.717) is 0 Å². The Morgan fingerprint density at radius 2 is 1.35 bits per heavy atom. The normalized spacial score (nSPS) is 9.00. The summed E-state index contributed by atoms with van der Waals surface area (Å²) in [6.07, 6.45) is 0. The van der Waals surface area contributed by atoms with Crippen LogP contribution in [0.25, 0.3) is 0 Å². The summed E-state index contributed by atoms with van der Waals surface area (Å²) in [4.78, 5) is 12.6. The molecule has 0 aromatic heterocycles. The second kappa shape index (κ2) is 9.38. The molecule has 1 nitrogen and oxygen atoms in total. The Hall–Kier alpha value is -1.54. The first-order valence-electron chi connectivity index (χ1n) is 6.02. The van der Waals surface area contributed by atoms with Gasteiger partial charge in [0.1, 0.15) is 0 Å². The van der Waals surface area contributed by atoms with Crippen molar-refractivity contribution in [1.29, 1.82) is 0 Å². The zero-order chi connectivity index (χ0) is 13.3. The summed E-state index contributed by atoms with van der Waals surface area (Å²) < 4.78 is 0. The average Bonchev–Trinajstić information content (AvgIpc) is 3.16. The van der Waals surface area contributed by atoms with Crippen LogP contribution in [0.4, 0.5) is 0 Å². The van der Waals surface area contributed by atoms with Gasteiger partial charge >= 0.3 is 0 Å². The predicted molar refractivity (Wildman–Crippen MR) is 80.7 cm³/mol. The van der Waals surface area contributed by atoms with Crippen molar-refractivity contribution in [1.82, 2.24) is 0 Å². The molecule has 0 atom stereocenters. The van der Waals surface area contributed by atoms with Gasteiger partial charge in [-0.1, -0.05) is 35.5 Å². The quantitative estimate of drug-likeness (QED) is 0.385. The van der Waals surface area contributed by atoms with E-state index in [1.807, 2.05) is 84.9 Å². The van der Waals surface area contributed by atoms with E-state index in [9.17, 15) is 4.79 Å². The van der Waals surface area contributed by atoms with Gasteiger partial charge in [0.2, 0.25) is 0 Å². The van der Waals surface area contributed by atoms with Gasteiger partial charge in [0.25, 0.3) is 0 Å². The molecule has 3 aromatic rings. The Morgan fingerprint density at radius 1 is 0.850 bits per heavy atom. The van der Waals surface area contributed by atoms with Crippen LogP contribution in [0.5, 0.6) is 0 Å². The molecule has 0 saturated heterocycles. The van der Waals surface area contributed by atoms with Crippen molar-refractivity contribution >= 4 is 16.9 Å². The summed E-state index contributed by atoms with van der Waals surface area (Å²) in [6.45, 7) is 0. The fourth-order valence-corrected chi connectivity index (χ4v) is 2.25. The van der Waals surface area contributed by atoms with Crippen molar-refractivity contribution in [2.45, 2.75) is 4.90 Å². The van der Waals surface area contributed by atoms with Crippen molar-refractivity contribution in [2.75, 3.05) is 0 Å². The van der Waals surface area contributed by atoms with Crippen LogP contribution in [0.3, 0.4) is 0 Å². The number of benzene rings is 1. The average molecular weight is 322 g/mol. The summed E-state index contributed by atoms with van der Waals surface area (Å²) in [5, 5.41) is 0.0983. The van der Waals surface area contributed by atoms with E-state index < -0.39 is 0 Å². The SMILES string of the molecule is O=C(Sc1ccccc1)[c-]1cccc1.[Fe].[cH-]1[cH-][cH-][cH-][cH-]1. The Morgan fingerprint density at radius 3 is 1.85 bits per heavy atom. The first-order chi connectivity index (χ1) is 9.36. The molecule has 0 aliphatic carbocycles. The van der Waals surface area contributed by atoms with Gasteiger partial charge in [-0.25, -0.2) is 12.1 Å². The van der Waals surface area contributed by atoms with Crippen LogP contribution in [0.1, 0.15) is 10.4 Å². The minimum Gasteiger partial charge on any atom is -0.748 e. The third-order valence-electron chi connectivity index (χ3n) is 2.41. The molecule has 0 spiro atoms. The second-order valence-electron chi connectivity index (χ2n) is 3.84. The maximum Gasteiger partial charge on any atom is 0.169 e. The van der Waals surface area contributed by atoms with Gasteiger partial charge < -0.3 is 30.3 Å². The maximum absolute atomic E-state index is 11.6. The predicted octanol–water partition coefficient (Wildman–Crippen LogP) is 4.74. The van der Waals surface area contributed by atoms with E-state index in [-0.39, 0.29) is 22.2 Å². The standard InChI is InChI=1S/C12H9OS.C5H5.Fe/c13-12(10-6-4-5-7-10)14-11-8-2-1-3-9-11;1-2-4-5-3-1;/h1-9H;1-5H;/q-1;-5;. The number of carbonyl (C=O) groups excluding carboxylic acids is 1. The number of rotatable bonds is 2. The number of carbonyl (C=O) groups is 1. The molecule has 0 heterocycles. The van der Waals surface area contributed by atoms with Crippen molar-refractivity contribution in [3.8, 4) is 0 Å². The third kappa shape index (κ3) is 5.62.